The third-order valence-electron chi connectivity index (χ3n) is 3.71. The molecule has 0 spiro atoms. The molecule has 0 bridgehead atoms. The van der Waals surface area contributed by atoms with Crippen molar-refractivity contribution in [3.05, 3.63) is 71.1 Å². The number of anilines is 2. The third-order valence-corrected chi connectivity index (χ3v) is 4.80. The van der Waals surface area contributed by atoms with Crippen molar-refractivity contribution >= 4 is 45.3 Å². The van der Waals surface area contributed by atoms with Crippen LogP contribution < -0.4 is 10.6 Å². The standard InChI is InChI=1S/C18H12ClFN4OS/c19-13-5-2-6-14(20)16(13)23-17(25)21-12-4-1-3-11(9-12)15-10-24-7-8-26-18(24)22-15/h1-10H,(H2,21,23,25). The Morgan fingerprint density at radius 2 is 2.04 bits per heavy atom. The maximum absolute atomic E-state index is 13.8. The summed E-state index contributed by atoms with van der Waals surface area (Å²) in [6.07, 6.45) is 3.86. The van der Waals surface area contributed by atoms with Gasteiger partial charge in [-0.1, -0.05) is 29.8 Å². The van der Waals surface area contributed by atoms with Crippen LogP contribution >= 0.6 is 22.9 Å². The van der Waals surface area contributed by atoms with Crippen LogP contribution in [-0.4, -0.2) is 15.4 Å². The fraction of sp³-hybridized carbons (Fsp3) is 0. The minimum atomic E-state index is -0.598. The molecule has 2 heterocycles. The Balaban J connectivity index is 1.53. The van der Waals surface area contributed by atoms with E-state index < -0.39 is 11.8 Å². The number of benzene rings is 2. The van der Waals surface area contributed by atoms with Gasteiger partial charge in [0.2, 0.25) is 0 Å². The highest BCUT2D eigenvalue weighted by Crippen LogP contribution is 2.26. The van der Waals surface area contributed by atoms with Gasteiger partial charge in [-0.2, -0.15) is 0 Å². The van der Waals surface area contributed by atoms with Gasteiger partial charge in [-0.3, -0.25) is 4.40 Å². The maximum atomic E-state index is 13.8. The van der Waals surface area contributed by atoms with Crippen molar-refractivity contribution in [3.63, 3.8) is 0 Å². The number of hydrogen-bond acceptors (Lipinski definition) is 3. The molecule has 2 aromatic carbocycles. The highest BCUT2D eigenvalue weighted by atomic mass is 35.5. The van der Waals surface area contributed by atoms with Gasteiger partial charge in [0.05, 0.1) is 16.4 Å². The summed E-state index contributed by atoms with van der Waals surface area (Å²) in [5.41, 5.74) is 2.17. The van der Waals surface area contributed by atoms with Crippen LogP contribution in [0.1, 0.15) is 0 Å². The first-order valence-corrected chi connectivity index (χ1v) is 8.90. The number of aromatic nitrogens is 2. The SMILES string of the molecule is O=C(Nc1cccc(-c2cn3ccsc3n2)c1)Nc1c(F)cccc1Cl. The molecular formula is C18H12ClFN4OS. The number of imidazole rings is 1. The number of urea groups is 1. The summed E-state index contributed by atoms with van der Waals surface area (Å²) in [7, 11) is 0. The first kappa shape index (κ1) is 16.6. The highest BCUT2D eigenvalue weighted by Gasteiger charge is 2.11. The average Bonchev–Trinajstić information content (AvgIpc) is 3.20. The van der Waals surface area contributed by atoms with Crippen molar-refractivity contribution in [3.8, 4) is 11.3 Å². The number of nitrogens with zero attached hydrogens (tertiary/aromatic N) is 2. The van der Waals surface area contributed by atoms with E-state index in [0.29, 0.717) is 5.69 Å². The zero-order chi connectivity index (χ0) is 18.1. The van der Waals surface area contributed by atoms with Gasteiger partial charge in [0.1, 0.15) is 5.82 Å². The second kappa shape index (κ2) is 6.78. The molecule has 0 radical (unpaired) electrons. The van der Waals surface area contributed by atoms with Crippen LogP contribution in [0.4, 0.5) is 20.6 Å². The molecule has 0 aliphatic rings. The lowest BCUT2D eigenvalue weighted by molar-refractivity contribution is 0.262. The molecule has 8 heteroatoms. The molecule has 0 aliphatic heterocycles. The molecule has 130 valence electrons. The van der Waals surface area contributed by atoms with E-state index in [1.165, 1.54) is 18.2 Å². The lowest BCUT2D eigenvalue weighted by atomic mass is 10.1. The number of halogens is 2. The monoisotopic (exact) mass is 386 g/mol. The van der Waals surface area contributed by atoms with E-state index in [9.17, 15) is 9.18 Å². The summed E-state index contributed by atoms with van der Waals surface area (Å²) in [6.45, 7) is 0. The largest absolute Gasteiger partial charge is 0.323 e. The third kappa shape index (κ3) is 3.26. The number of thiazole rings is 1. The van der Waals surface area contributed by atoms with E-state index in [0.717, 1.165) is 16.2 Å². The fourth-order valence-electron chi connectivity index (χ4n) is 2.52. The van der Waals surface area contributed by atoms with Gasteiger partial charge in [0.25, 0.3) is 0 Å². The molecule has 4 aromatic rings. The van der Waals surface area contributed by atoms with Crippen molar-refractivity contribution < 1.29 is 9.18 Å². The Kier molecular flexibility index (Phi) is 4.32. The second-order valence-electron chi connectivity index (χ2n) is 5.48. The molecule has 2 aromatic heterocycles. The Bertz CT molecular complexity index is 1060. The lowest BCUT2D eigenvalue weighted by Gasteiger charge is -2.10. The number of amides is 2. The van der Waals surface area contributed by atoms with Gasteiger partial charge in [-0.15, -0.1) is 11.3 Å². The quantitative estimate of drug-likeness (QED) is 0.488. The van der Waals surface area contributed by atoms with Crippen molar-refractivity contribution in [2.45, 2.75) is 0 Å². The minimum absolute atomic E-state index is 0.0582. The molecule has 2 N–H and O–H groups in total. The van der Waals surface area contributed by atoms with Crippen molar-refractivity contribution in [2.24, 2.45) is 0 Å². The number of fused-ring (bicyclic) bond motifs is 1. The number of carbonyl (C=O) groups excluding carboxylic acids is 1. The molecule has 2 amide bonds. The molecule has 0 aliphatic carbocycles. The normalized spacial score (nSPS) is 10.8. The summed E-state index contributed by atoms with van der Waals surface area (Å²) in [5, 5.41) is 7.20. The van der Waals surface area contributed by atoms with Crippen LogP contribution in [-0.2, 0) is 0 Å². The molecule has 0 saturated carbocycles. The number of carbonyl (C=O) groups is 1. The Morgan fingerprint density at radius 3 is 2.85 bits per heavy atom. The molecule has 4 rings (SSSR count). The van der Waals surface area contributed by atoms with Gasteiger partial charge in [0, 0.05) is 29.0 Å². The van der Waals surface area contributed by atoms with Gasteiger partial charge < -0.3 is 10.6 Å². The van der Waals surface area contributed by atoms with Crippen LogP contribution in [0.25, 0.3) is 16.2 Å². The van der Waals surface area contributed by atoms with E-state index in [4.69, 9.17) is 11.6 Å². The van der Waals surface area contributed by atoms with Crippen LogP contribution in [0.3, 0.4) is 0 Å². The molecule has 5 nitrogen and oxygen atoms in total. The lowest BCUT2D eigenvalue weighted by Crippen LogP contribution is -2.20. The Labute approximate surface area is 157 Å². The van der Waals surface area contributed by atoms with E-state index in [1.807, 2.05) is 34.3 Å². The number of para-hydroxylation sites is 1. The first-order chi connectivity index (χ1) is 12.6. The van der Waals surface area contributed by atoms with Gasteiger partial charge in [0.15, 0.2) is 4.96 Å². The van der Waals surface area contributed by atoms with Gasteiger partial charge >= 0.3 is 6.03 Å². The second-order valence-corrected chi connectivity index (χ2v) is 6.76. The van der Waals surface area contributed by atoms with E-state index >= 15 is 0 Å². The molecule has 0 unspecified atom stereocenters. The van der Waals surface area contributed by atoms with E-state index in [1.54, 1.807) is 23.5 Å². The van der Waals surface area contributed by atoms with Crippen molar-refractivity contribution in [1.29, 1.82) is 0 Å². The Hall–Kier alpha value is -2.90. The van der Waals surface area contributed by atoms with E-state index in [2.05, 4.69) is 15.6 Å². The predicted molar refractivity (Wildman–Crippen MR) is 103 cm³/mol. The molecule has 0 fully saturated rings. The number of hydrogen-bond donors (Lipinski definition) is 2. The first-order valence-electron chi connectivity index (χ1n) is 7.65. The summed E-state index contributed by atoms with van der Waals surface area (Å²) in [5.74, 6) is -0.598. The van der Waals surface area contributed by atoms with Crippen molar-refractivity contribution in [1.82, 2.24) is 9.38 Å². The zero-order valence-corrected chi connectivity index (χ0v) is 14.8. The van der Waals surface area contributed by atoms with Crippen LogP contribution in [0.2, 0.25) is 5.02 Å². The zero-order valence-electron chi connectivity index (χ0n) is 13.2. The summed E-state index contributed by atoms with van der Waals surface area (Å²) in [6, 6.07) is 10.9. The van der Waals surface area contributed by atoms with Gasteiger partial charge in [-0.25, -0.2) is 14.2 Å². The minimum Gasteiger partial charge on any atom is -0.308 e. The summed E-state index contributed by atoms with van der Waals surface area (Å²) >= 11 is 7.46. The predicted octanol–water partition coefficient (Wildman–Crippen LogP) is 5.50. The highest BCUT2D eigenvalue weighted by molar-refractivity contribution is 7.15. The van der Waals surface area contributed by atoms with Gasteiger partial charge in [-0.05, 0) is 24.3 Å². The summed E-state index contributed by atoms with van der Waals surface area (Å²) in [4.78, 5) is 17.6. The van der Waals surface area contributed by atoms with Crippen LogP contribution in [0, 0.1) is 5.82 Å². The average molecular weight is 387 g/mol. The molecular weight excluding hydrogens is 375 g/mol. The van der Waals surface area contributed by atoms with Crippen molar-refractivity contribution in [2.75, 3.05) is 10.6 Å². The summed E-state index contributed by atoms with van der Waals surface area (Å²) < 4.78 is 15.7. The molecule has 0 atom stereocenters. The molecule has 26 heavy (non-hydrogen) atoms. The topological polar surface area (TPSA) is 58.4 Å². The van der Waals surface area contributed by atoms with Crippen LogP contribution in [0.5, 0.6) is 0 Å². The number of nitrogens with one attached hydrogen (secondary N) is 2. The fourth-order valence-corrected chi connectivity index (χ4v) is 3.43. The molecule has 0 saturated heterocycles. The smallest absolute Gasteiger partial charge is 0.308 e. The van der Waals surface area contributed by atoms with E-state index in [-0.39, 0.29) is 10.7 Å². The van der Waals surface area contributed by atoms with Crippen LogP contribution in [0.15, 0.2) is 60.2 Å². The number of rotatable bonds is 3. The Morgan fingerprint density at radius 1 is 1.19 bits per heavy atom. The maximum Gasteiger partial charge on any atom is 0.323 e.